The lowest BCUT2D eigenvalue weighted by Gasteiger charge is -2.38. The van der Waals surface area contributed by atoms with Crippen molar-refractivity contribution in [3.63, 3.8) is 0 Å². The molecule has 266 valence electrons. The van der Waals surface area contributed by atoms with Gasteiger partial charge >= 0.3 is 0 Å². The highest BCUT2D eigenvalue weighted by Gasteiger charge is 2.49. The van der Waals surface area contributed by atoms with Crippen LogP contribution in [0.2, 0.25) is 0 Å². The molecule has 11 heteroatoms. The van der Waals surface area contributed by atoms with E-state index in [-0.39, 0.29) is 5.41 Å². The Labute approximate surface area is 290 Å². The lowest BCUT2D eigenvalue weighted by Crippen LogP contribution is -2.51. The van der Waals surface area contributed by atoms with E-state index < -0.39 is 20.2 Å². The summed E-state index contributed by atoms with van der Waals surface area (Å²) in [4.78, 5) is 4.77. The SMILES string of the molecule is CN(C)c1ccc(S(=O)(=O)N2CCCN(CC3CCCCC3)CCCN(S(=O)(=O)N3CCC(c4ccccc4)CC3)CC3(CC3)C2)cc1. The van der Waals surface area contributed by atoms with E-state index in [1.165, 1.54) is 37.7 Å². The zero-order chi connectivity index (χ0) is 33.8. The van der Waals surface area contributed by atoms with Crippen molar-refractivity contribution in [3.8, 4) is 0 Å². The minimum absolute atomic E-state index is 0.306. The Bertz CT molecular complexity index is 1530. The van der Waals surface area contributed by atoms with E-state index in [4.69, 9.17) is 0 Å². The minimum Gasteiger partial charge on any atom is -0.378 e. The van der Waals surface area contributed by atoms with Gasteiger partial charge in [0.15, 0.2) is 0 Å². The average Bonchev–Trinajstić information content (AvgIpc) is 3.86. The third-order valence-electron chi connectivity index (χ3n) is 11.4. The first-order chi connectivity index (χ1) is 23.1. The van der Waals surface area contributed by atoms with Gasteiger partial charge in [0.25, 0.3) is 10.2 Å². The van der Waals surface area contributed by atoms with Crippen molar-refractivity contribution >= 4 is 25.9 Å². The summed E-state index contributed by atoms with van der Waals surface area (Å²) in [5, 5.41) is 0. The molecule has 0 amide bonds. The highest BCUT2D eigenvalue weighted by Crippen LogP contribution is 2.48. The van der Waals surface area contributed by atoms with Crippen LogP contribution in [0.15, 0.2) is 59.5 Å². The second-order valence-electron chi connectivity index (χ2n) is 15.2. The van der Waals surface area contributed by atoms with Crippen LogP contribution in [0.1, 0.15) is 82.1 Å². The number of benzene rings is 2. The number of nitrogens with zero attached hydrogens (tertiary/aromatic N) is 5. The number of anilines is 1. The zero-order valence-corrected chi connectivity index (χ0v) is 30.8. The molecule has 2 saturated heterocycles. The predicted molar refractivity (Wildman–Crippen MR) is 194 cm³/mol. The predicted octanol–water partition coefficient (Wildman–Crippen LogP) is 5.63. The van der Waals surface area contributed by atoms with Gasteiger partial charge in [-0.3, -0.25) is 0 Å². The van der Waals surface area contributed by atoms with E-state index in [0.29, 0.717) is 56.0 Å². The topological polar surface area (TPSA) is 84.5 Å². The molecule has 0 radical (unpaired) electrons. The fraction of sp³-hybridized carbons (Fsp3) is 0.676. The molecular formula is C37H57N5O4S2. The van der Waals surface area contributed by atoms with Gasteiger partial charge in [0.1, 0.15) is 0 Å². The van der Waals surface area contributed by atoms with Crippen molar-refractivity contribution < 1.29 is 16.8 Å². The molecule has 2 aliphatic carbocycles. The number of piperidine rings is 1. The van der Waals surface area contributed by atoms with Crippen LogP contribution in [0, 0.1) is 11.3 Å². The first kappa shape index (κ1) is 35.8. The quantitative estimate of drug-likeness (QED) is 0.356. The Morgan fingerprint density at radius 3 is 1.88 bits per heavy atom. The maximum absolute atomic E-state index is 14.4. The molecule has 6 rings (SSSR count). The van der Waals surface area contributed by atoms with Crippen LogP contribution in [0.3, 0.4) is 0 Å². The standard InChI is InChI=1S/C37H57N5O4S2/c1-38(2)35-15-17-36(18-16-35)47(43,44)41-25-9-23-39(29-32-11-5-3-6-12-32)24-10-26-42(31-37(30-41)21-22-37)48(45,46)40-27-19-34(20-28-40)33-13-7-4-8-14-33/h4,7-8,13-18,32,34H,3,5-6,9-12,19-31H2,1-2H3. The fourth-order valence-electron chi connectivity index (χ4n) is 8.20. The van der Waals surface area contributed by atoms with E-state index in [0.717, 1.165) is 63.8 Å². The molecule has 0 aromatic heterocycles. The van der Waals surface area contributed by atoms with E-state index >= 15 is 0 Å². The summed E-state index contributed by atoms with van der Waals surface area (Å²) in [6.45, 7) is 5.37. The smallest absolute Gasteiger partial charge is 0.281 e. The molecule has 0 N–H and O–H groups in total. The van der Waals surface area contributed by atoms with Crippen LogP contribution in [0.25, 0.3) is 0 Å². The van der Waals surface area contributed by atoms with Crippen LogP contribution in [0.4, 0.5) is 5.69 Å². The molecule has 2 aromatic rings. The highest BCUT2D eigenvalue weighted by molar-refractivity contribution is 7.89. The Morgan fingerprint density at radius 1 is 0.667 bits per heavy atom. The van der Waals surface area contributed by atoms with Crippen molar-refractivity contribution in [1.82, 2.24) is 17.8 Å². The van der Waals surface area contributed by atoms with E-state index in [1.807, 2.05) is 37.2 Å². The van der Waals surface area contributed by atoms with Crippen molar-refractivity contribution in [2.45, 2.75) is 81.4 Å². The fourth-order valence-corrected chi connectivity index (χ4v) is 11.6. The first-order valence-electron chi connectivity index (χ1n) is 18.4. The average molecular weight is 700 g/mol. The van der Waals surface area contributed by atoms with Crippen molar-refractivity contribution in [2.75, 3.05) is 77.9 Å². The minimum atomic E-state index is -3.76. The molecule has 1 spiro atoms. The number of sulfonamides is 1. The molecule has 0 atom stereocenters. The molecule has 4 aliphatic rings. The molecule has 48 heavy (non-hydrogen) atoms. The van der Waals surface area contributed by atoms with Gasteiger partial charge in [-0.1, -0.05) is 49.6 Å². The Hall–Kier alpha value is -2.02. The van der Waals surface area contributed by atoms with Gasteiger partial charge in [-0.05, 0) is 112 Å². The first-order valence-corrected chi connectivity index (χ1v) is 21.2. The van der Waals surface area contributed by atoms with Crippen molar-refractivity contribution in [3.05, 3.63) is 60.2 Å². The molecule has 2 saturated carbocycles. The third kappa shape index (κ3) is 8.64. The van der Waals surface area contributed by atoms with Gasteiger partial charge in [0, 0.05) is 65.6 Å². The van der Waals surface area contributed by atoms with Crippen LogP contribution in [-0.2, 0) is 20.2 Å². The molecular weight excluding hydrogens is 643 g/mol. The highest BCUT2D eigenvalue weighted by atomic mass is 32.2. The van der Waals surface area contributed by atoms with Gasteiger partial charge < -0.3 is 9.80 Å². The van der Waals surface area contributed by atoms with E-state index in [1.54, 1.807) is 25.0 Å². The second-order valence-corrected chi connectivity index (χ2v) is 19.0. The van der Waals surface area contributed by atoms with Crippen LogP contribution >= 0.6 is 0 Å². The maximum atomic E-state index is 14.4. The summed E-state index contributed by atoms with van der Waals surface area (Å²) < 4.78 is 62.4. The van der Waals surface area contributed by atoms with Gasteiger partial charge in [0.2, 0.25) is 10.0 Å². The van der Waals surface area contributed by atoms with Crippen LogP contribution < -0.4 is 4.90 Å². The lowest BCUT2D eigenvalue weighted by molar-refractivity contribution is 0.174. The number of hydrogen-bond donors (Lipinski definition) is 0. The Kier molecular flexibility index (Phi) is 11.5. The van der Waals surface area contributed by atoms with Gasteiger partial charge in [-0.15, -0.1) is 0 Å². The number of rotatable bonds is 8. The summed E-state index contributed by atoms with van der Waals surface area (Å²) in [6.07, 6.45) is 11.3. The van der Waals surface area contributed by atoms with Gasteiger partial charge in [-0.2, -0.15) is 21.3 Å². The van der Waals surface area contributed by atoms with Gasteiger partial charge in [-0.25, -0.2) is 8.42 Å². The number of hydrogen-bond acceptors (Lipinski definition) is 6. The molecule has 0 bridgehead atoms. The third-order valence-corrected chi connectivity index (χ3v) is 15.2. The van der Waals surface area contributed by atoms with Crippen LogP contribution in [-0.4, -0.2) is 108 Å². The van der Waals surface area contributed by atoms with E-state index in [2.05, 4.69) is 29.2 Å². The Balaban J connectivity index is 1.22. The summed E-state index contributed by atoms with van der Waals surface area (Å²) in [7, 11) is -3.56. The monoisotopic (exact) mass is 699 g/mol. The summed E-state index contributed by atoms with van der Waals surface area (Å²) in [5.74, 6) is 1.04. The molecule has 9 nitrogen and oxygen atoms in total. The molecule has 2 heterocycles. The van der Waals surface area contributed by atoms with Gasteiger partial charge in [0.05, 0.1) is 4.90 Å². The summed E-state index contributed by atoms with van der Waals surface area (Å²) >= 11 is 0. The summed E-state index contributed by atoms with van der Waals surface area (Å²) in [5.41, 5.74) is 1.88. The normalized spacial score (nSPS) is 23.8. The maximum Gasteiger partial charge on any atom is 0.281 e. The molecule has 2 aromatic carbocycles. The van der Waals surface area contributed by atoms with E-state index in [9.17, 15) is 16.8 Å². The zero-order valence-electron chi connectivity index (χ0n) is 29.2. The van der Waals surface area contributed by atoms with Crippen molar-refractivity contribution in [1.29, 1.82) is 0 Å². The molecule has 2 aliphatic heterocycles. The largest absolute Gasteiger partial charge is 0.378 e. The van der Waals surface area contributed by atoms with Crippen molar-refractivity contribution in [2.24, 2.45) is 11.3 Å². The lowest BCUT2D eigenvalue weighted by atomic mass is 9.89. The van der Waals surface area contributed by atoms with Crippen LogP contribution in [0.5, 0.6) is 0 Å². The molecule has 0 unspecified atom stereocenters. The second kappa shape index (κ2) is 15.5. The Morgan fingerprint density at radius 2 is 1.27 bits per heavy atom. The summed E-state index contributed by atoms with van der Waals surface area (Å²) in [6, 6.07) is 17.6. The molecule has 4 fully saturated rings.